The van der Waals surface area contributed by atoms with Crippen LogP contribution in [0, 0.1) is 6.92 Å². The SMILES string of the molecule is CCOc1ccc(Cl)cc1/C=C1\SC(Nc2cc(C)ccc2OC)NC1=O. The Morgan fingerprint density at radius 1 is 1.26 bits per heavy atom. The minimum atomic E-state index is -0.297. The van der Waals surface area contributed by atoms with Crippen LogP contribution in [0.2, 0.25) is 5.02 Å². The van der Waals surface area contributed by atoms with Crippen molar-refractivity contribution >= 4 is 41.0 Å². The van der Waals surface area contributed by atoms with Crippen LogP contribution in [0.15, 0.2) is 41.3 Å². The predicted octanol–water partition coefficient (Wildman–Crippen LogP) is 4.66. The van der Waals surface area contributed by atoms with Crippen LogP contribution >= 0.6 is 23.4 Å². The third-order valence-corrected chi connectivity index (χ3v) is 5.19. The van der Waals surface area contributed by atoms with Crippen LogP contribution in [0.3, 0.4) is 0 Å². The van der Waals surface area contributed by atoms with E-state index in [0.717, 1.165) is 22.6 Å². The highest BCUT2D eigenvalue weighted by Crippen LogP contribution is 2.35. The molecule has 1 unspecified atom stereocenters. The minimum Gasteiger partial charge on any atom is -0.495 e. The number of hydrogen-bond donors (Lipinski definition) is 2. The van der Waals surface area contributed by atoms with Crippen LogP contribution in [-0.4, -0.2) is 25.1 Å². The molecule has 0 aliphatic carbocycles. The van der Waals surface area contributed by atoms with Gasteiger partial charge in [-0.25, -0.2) is 0 Å². The van der Waals surface area contributed by atoms with Crippen molar-refractivity contribution in [3.8, 4) is 11.5 Å². The van der Waals surface area contributed by atoms with Gasteiger partial charge in [0.05, 0.1) is 24.3 Å². The fourth-order valence-corrected chi connectivity index (χ4v) is 3.85. The number of aryl methyl sites for hydroxylation is 1. The van der Waals surface area contributed by atoms with Crippen molar-refractivity contribution in [3.63, 3.8) is 0 Å². The first-order valence-electron chi connectivity index (χ1n) is 8.53. The van der Waals surface area contributed by atoms with Gasteiger partial charge in [-0.2, -0.15) is 0 Å². The Morgan fingerprint density at radius 3 is 2.78 bits per heavy atom. The monoisotopic (exact) mass is 404 g/mol. The maximum atomic E-state index is 12.4. The number of benzene rings is 2. The van der Waals surface area contributed by atoms with Crippen LogP contribution in [0.25, 0.3) is 6.08 Å². The highest BCUT2D eigenvalue weighted by molar-refractivity contribution is 8.05. The first kappa shape index (κ1) is 19.5. The van der Waals surface area contributed by atoms with Gasteiger partial charge in [-0.1, -0.05) is 29.4 Å². The second kappa shape index (κ2) is 8.59. The summed E-state index contributed by atoms with van der Waals surface area (Å²) in [5, 5.41) is 6.82. The molecule has 27 heavy (non-hydrogen) atoms. The predicted molar refractivity (Wildman–Crippen MR) is 111 cm³/mol. The number of carbonyl (C=O) groups excluding carboxylic acids is 1. The normalized spacial score (nSPS) is 17.7. The molecule has 1 aliphatic rings. The molecule has 1 atom stereocenters. The molecule has 0 spiro atoms. The molecule has 1 heterocycles. The lowest BCUT2D eigenvalue weighted by Crippen LogP contribution is -2.31. The fraction of sp³-hybridized carbons (Fsp3) is 0.250. The lowest BCUT2D eigenvalue weighted by molar-refractivity contribution is -0.116. The van der Waals surface area contributed by atoms with Crippen LogP contribution in [-0.2, 0) is 4.79 Å². The van der Waals surface area contributed by atoms with Crippen molar-refractivity contribution in [3.05, 3.63) is 57.5 Å². The van der Waals surface area contributed by atoms with Crippen molar-refractivity contribution in [1.82, 2.24) is 5.32 Å². The van der Waals surface area contributed by atoms with E-state index in [1.165, 1.54) is 11.8 Å². The number of ether oxygens (including phenoxy) is 2. The summed E-state index contributed by atoms with van der Waals surface area (Å²) in [5.41, 5.74) is 2.41. The number of carbonyl (C=O) groups is 1. The Balaban J connectivity index is 1.81. The van der Waals surface area contributed by atoms with Crippen molar-refractivity contribution in [2.75, 3.05) is 19.0 Å². The third-order valence-electron chi connectivity index (χ3n) is 3.93. The molecule has 1 aliphatic heterocycles. The lowest BCUT2D eigenvalue weighted by Gasteiger charge is -2.16. The average molecular weight is 405 g/mol. The fourth-order valence-electron chi connectivity index (χ4n) is 2.70. The Kier molecular flexibility index (Phi) is 6.19. The summed E-state index contributed by atoms with van der Waals surface area (Å²) in [5.74, 6) is 1.27. The van der Waals surface area contributed by atoms with E-state index >= 15 is 0 Å². The van der Waals surface area contributed by atoms with E-state index in [2.05, 4.69) is 10.6 Å². The average Bonchev–Trinajstić information content (AvgIpc) is 2.97. The summed E-state index contributed by atoms with van der Waals surface area (Å²) in [4.78, 5) is 13.0. The zero-order valence-electron chi connectivity index (χ0n) is 15.3. The first-order valence-corrected chi connectivity index (χ1v) is 9.78. The van der Waals surface area contributed by atoms with Gasteiger partial charge in [0, 0.05) is 10.6 Å². The van der Waals surface area contributed by atoms with Gasteiger partial charge in [0.2, 0.25) is 0 Å². The number of amides is 1. The molecule has 3 rings (SSSR count). The number of halogens is 1. The number of anilines is 1. The zero-order valence-corrected chi connectivity index (χ0v) is 16.9. The number of thioether (sulfide) groups is 1. The molecule has 2 aromatic rings. The zero-order chi connectivity index (χ0) is 19.4. The molecule has 2 N–H and O–H groups in total. The maximum absolute atomic E-state index is 12.4. The Hall–Kier alpha value is -2.31. The molecular formula is C20H21ClN2O3S. The Morgan fingerprint density at radius 2 is 2.04 bits per heavy atom. The first-order chi connectivity index (χ1) is 13.0. The lowest BCUT2D eigenvalue weighted by atomic mass is 10.2. The summed E-state index contributed by atoms with van der Waals surface area (Å²) in [6.07, 6.45) is 1.80. The molecule has 142 valence electrons. The van der Waals surface area contributed by atoms with E-state index in [1.54, 1.807) is 25.3 Å². The van der Waals surface area contributed by atoms with Crippen molar-refractivity contribution in [1.29, 1.82) is 0 Å². The molecule has 7 heteroatoms. The quantitative estimate of drug-likeness (QED) is 0.686. The van der Waals surface area contributed by atoms with Crippen molar-refractivity contribution in [2.24, 2.45) is 0 Å². The smallest absolute Gasteiger partial charge is 0.260 e. The Labute approximate surface area is 168 Å². The summed E-state index contributed by atoms with van der Waals surface area (Å²) in [6, 6.07) is 11.2. The minimum absolute atomic E-state index is 0.147. The van der Waals surface area contributed by atoms with Gasteiger partial charge in [0.25, 0.3) is 5.91 Å². The molecule has 0 saturated carbocycles. The van der Waals surface area contributed by atoms with E-state index in [-0.39, 0.29) is 11.4 Å². The van der Waals surface area contributed by atoms with Gasteiger partial charge in [-0.15, -0.1) is 0 Å². The summed E-state index contributed by atoms with van der Waals surface area (Å²) in [7, 11) is 1.62. The Bertz CT molecular complexity index is 886. The third kappa shape index (κ3) is 4.70. The molecule has 0 bridgehead atoms. The molecule has 1 fully saturated rings. The standard InChI is InChI=1S/C20H21ClN2O3S/c1-4-26-16-8-6-14(21)10-13(16)11-18-19(24)23-20(27-18)22-15-9-12(2)5-7-17(15)25-3/h5-11,20,22H,4H2,1-3H3,(H,23,24)/b18-11-. The van der Waals surface area contributed by atoms with E-state index in [4.69, 9.17) is 21.1 Å². The van der Waals surface area contributed by atoms with Crippen molar-refractivity contribution < 1.29 is 14.3 Å². The van der Waals surface area contributed by atoms with E-state index in [9.17, 15) is 4.79 Å². The second-order valence-electron chi connectivity index (χ2n) is 5.94. The van der Waals surface area contributed by atoms with E-state index in [0.29, 0.717) is 22.3 Å². The largest absolute Gasteiger partial charge is 0.495 e. The van der Waals surface area contributed by atoms with Gasteiger partial charge in [-0.3, -0.25) is 4.79 Å². The van der Waals surface area contributed by atoms with E-state index in [1.807, 2.05) is 38.1 Å². The van der Waals surface area contributed by atoms with E-state index < -0.39 is 0 Å². The van der Waals surface area contributed by atoms with Gasteiger partial charge in [0.15, 0.2) is 5.50 Å². The summed E-state index contributed by atoms with van der Waals surface area (Å²) >= 11 is 7.51. The van der Waals surface area contributed by atoms with Crippen LogP contribution in [0.4, 0.5) is 5.69 Å². The molecule has 1 saturated heterocycles. The topological polar surface area (TPSA) is 59.6 Å². The molecule has 0 radical (unpaired) electrons. The van der Waals surface area contributed by atoms with Crippen LogP contribution < -0.4 is 20.1 Å². The molecular weight excluding hydrogens is 384 g/mol. The maximum Gasteiger partial charge on any atom is 0.260 e. The highest BCUT2D eigenvalue weighted by atomic mass is 35.5. The highest BCUT2D eigenvalue weighted by Gasteiger charge is 2.28. The van der Waals surface area contributed by atoms with Gasteiger partial charge < -0.3 is 20.1 Å². The van der Waals surface area contributed by atoms with Crippen LogP contribution in [0.5, 0.6) is 11.5 Å². The number of nitrogens with one attached hydrogen (secondary N) is 2. The van der Waals surface area contributed by atoms with Crippen molar-refractivity contribution in [2.45, 2.75) is 19.3 Å². The molecule has 0 aromatic heterocycles. The van der Waals surface area contributed by atoms with Gasteiger partial charge in [0.1, 0.15) is 11.5 Å². The molecule has 1 amide bonds. The molecule has 5 nitrogen and oxygen atoms in total. The van der Waals surface area contributed by atoms with Gasteiger partial charge >= 0.3 is 0 Å². The number of rotatable bonds is 6. The second-order valence-corrected chi connectivity index (χ2v) is 7.53. The van der Waals surface area contributed by atoms with Crippen LogP contribution in [0.1, 0.15) is 18.1 Å². The molecule has 2 aromatic carbocycles. The van der Waals surface area contributed by atoms with Gasteiger partial charge in [-0.05, 0) is 55.8 Å². The number of methoxy groups -OCH3 is 1. The summed E-state index contributed by atoms with van der Waals surface area (Å²) in [6.45, 7) is 4.46. The number of hydrogen-bond acceptors (Lipinski definition) is 5. The summed E-state index contributed by atoms with van der Waals surface area (Å²) < 4.78 is 11.0.